The average Bonchev–Trinajstić information content (AvgIpc) is 2.32. The smallest absolute Gasteiger partial charge is 0.0522 e. The zero-order chi connectivity index (χ0) is 12.4. The first-order valence-corrected chi connectivity index (χ1v) is 7.81. The van der Waals surface area contributed by atoms with E-state index in [2.05, 4.69) is 5.92 Å². The van der Waals surface area contributed by atoms with Gasteiger partial charge in [0.25, 0.3) is 0 Å². The SMILES string of the molecule is C#CCCCCOCC12CC3CC(CC(C3)C1)C2. The van der Waals surface area contributed by atoms with Crippen molar-refractivity contribution in [2.45, 2.75) is 57.8 Å². The summed E-state index contributed by atoms with van der Waals surface area (Å²) in [6, 6.07) is 0. The first kappa shape index (κ1) is 12.5. The number of ether oxygens (including phenoxy) is 1. The Morgan fingerprint density at radius 3 is 2.17 bits per heavy atom. The second-order valence-electron chi connectivity index (χ2n) is 7.13. The molecule has 4 rings (SSSR count). The maximum Gasteiger partial charge on any atom is 0.0522 e. The van der Waals surface area contributed by atoms with Crippen molar-refractivity contribution in [2.75, 3.05) is 13.2 Å². The standard InChI is InChI=1S/C17H26O/c1-2-3-4-5-6-18-13-17-10-14-7-15(11-17)9-16(8-14)12-17/h1,14-16H,3-13H2. The molecule has 0 atom stereocenters. The highest BCUT2D eigenvalue weighted by Gasteiger charge is 2.50. The van der Waals surface area contributed by atoms with E-state index in [4.69, 9.17) is 11.2 Å². The second-order valence-corrected chi connectivity index (χ2v) is 7.13. The summed E-state index contributed by atoms with van der Waals surface area (Å²) in [5.41, 5.74) is 0.584. The quantitative estimate of drug-likeness (QED) is 0.508. The van der Waals surface area contributed by atoms with Gasteiger partial charge in [-0.3, -0.25) is 0 Å². The molecule has 0 heterocycles. The molecule has 0 saturated heterocycles. The monoisotopic (exact) mass is 246 g/mol. The van der Waals surface area contributed by atoms with E-state index in [1.807, 2.05) is 0 Å². The molecule has 1 nitrogen and oxygen atoms in total. The molecule has 4 aliphatic rings. The van der Waals surface area contributed by atoms with E-state index in [-0.39, 0.29) is 0 Å². The fourth-order valence-corrected chi connectivity index (χ4v) is 5.19. The molecule has 4 bridgehead atoms. The second kappa shape index (κ2) is 5.25. The Morgan fingerprint density at radius 2 is 1.61 bits per heavy atom. The normalized spacial score (nSPS) is 40.9. The summed E-state index contributed by atoms with van der Waals surface area (Å²) < 4.78 is 6.00. The highest BCUT2D eigenvalue weighted by atomic mass is 16.5. The van der Waals surface area contributed by atoms with Crippen LogP contribution in [0.5, 0.6) is 0 Å². The predicted octanol–water partition coefficient (Wildman–Crippen LogP) is 4.02. The van der Waals surface area contributed by atoms with Gasteiger partial charge < -0.3 is 4.74 Å². The van der Waals surface area contributed by atoms with Gasteiger partial charge in [0.2, 0.25) is 0 Å². The molecule has 0 aromatic rings. The van der Waals surface area contributed by atoms with Crippen molar-refractivity contribution in [3.8, 4) is 12.3 Å². The number of unbranched alkanes of at least 4 members (excludes halogenated alkanes) is 2. The van der Waals surface area contributed by atoms with Crippen molar-refractivity contribution >= 4 is 0 Å². The molecule has 0 aromatic heterocycles. The lowest BCUT2D eigenvalue weighted by atomic mass is 9.50. The average molecular weight is 246 g/mol. The summed E-state index contributed by atoms with van der Waals surface area (Å²) in [7, 11) is 0. The Kier molecular flexibility index (Phi) is 3.66. The first-order valence-electron chi connectivity index (χ1n) is 7.81. The predicted molar refractivity (Wildman–Crippen MR) is 74.1 cm³/mol. The minimum absolute atomic E-state index is 0.584. The van der Waals surface area contributed by atoms with Crippen LogP contribution in [-0.2, 0) is 4.74 Å². The Bertz CT molecular complexity index is 290. The number of hydrogen-bond acceptors (Lipinski definition) is 1. The van der Waals surface area contributed by atoms with Gasteiger partial charge in [-0.15, -0.1) is 12.3 Å². The molecule has 0 aromatic carbocycles. The molecule has 0 N–H and O–H groups in total. The van der Waals surface area contributed by atoms with Crippen LogP contribution in [0, 0.1) is 35.5 Å². The number of hydrogen-bond donors (Lipinski definition) is 0. The van der Waals surface area contributed by atoms with Gasteiger partial charge in [-0.05, 0) is 74.5 Å². The van der Waals surface area contributed by atoms with Crippen molar-refractivity contribution in [2.24, 2.45) is 23.2 Å². The van der Waals surface area contributed by atoms with Gasteiger partial charge in [0.15, 0.2) is 0 Å². The van der Waals surface area contributed by atoms with Crippen LogP contribution < -0.4 is 0 Å². The molecule has 0 unspecified atom stereocenters. The number of terminal acetylenes is 1. The van der Waals surface area contributed by atoms with E-state index in [1.165, 1.54) is 38.5 Å². The lowest BCUT2D eigenvalue weighted by Crippen LogP contribution is -2.48. The highest BCUT2D eigenvalue weighted by Crippen LogP contribution is 2.59. The van der Waals surface area contributed by atoms with Crippen molar-refractivity contribution in [1.82, 2.24) is 0 Å². The van der Waals surface area contributed by atoms with E-state index in [9.17, 15) is 0 Å². The maximum atomic E-state index is 6.00. The van der Waals surface area contributed by atoms with Crippen molar-refractivity contribution in [1.29, 1.82) is 0 Å². The third-order valence-electron chi connectivity index (χ3n) is 5.43. The van der Waals surface area contributed by atoms with Crippen LogP contribution in [0.15, 0.2) is 0 Å². The van der Waals surface area contributed by atoms with E-state index >= 15 is 0 Å². The van der Waals surface area contributed by atoms with Crippen molar-refractivity contribution in [3.63, 3.8) is 0 Å². The molecule has 0 amide bonds. The summed E-state index contributed by atoms with van der Waals surface area (Å²) in [4.78, 5) is 0. The molecule has 1 heteroatoms. The van der Waals surface area contributed by atoms with Gasteiger partial charge >= 0.3 is 0 Å². The summed E-state index contributed by atoms with van der Waals surface area (Å²) in [6.07, 6.45) is 17.4. The van der Waals surface area contributed by atoms with Gasteiger partial charge in [-0.1, -0.05) is 0 Å². The molecule has 100 valence electrons. The molecule has 4 saturated carbocycles. The summed E-state index contributed by atoms with van der Waals surface area (Å²) in [6.45, 7) is 1.95. The maximum absolute atomic E-state index is 6.00. The summed E-state index contributed by atoms with van der Waals surface area (Å²) >= 11 is 0. The van der Waals surface area contributed by atoms with Crippen molar-refractivity contribution in [3.05, 3.63) is 0 Å². The van der Waals surface area contributed by atoms with Gasteiger partial charge in [0.05, 0.1) is 6.61 Å². The zero-order valence-corrected chi connectivity index (χ0v) is 11.5. The van der Waals surface area contributed by atoms with E-state index < -0.39 is 0 Å². The fraction of sp³-hybridized carbons (Fsp3) is 0.882. The van der Waals surface area contributed by atoms with Gasteiger partial charge in [-0.25, -0.2) is 0 Å². The van der Waals surface area contributed by atoms with Crippen LogP contribution in [0.25, 0.3) is 0 Å². The lowest BCUT2D eigenvalue weighted by molar-refractivity contribution is -0.0965. The third-order valence-corrected chi connectivity index (χ3v) is 5.43. The van der Waals surface area contributed by atoms with Gasteiger partial charge in [-0.2, -0.15) is 0 Å². The van der Waals surface area contributed by atoms with Crippen LogP contribution in [0.4, 0.5) is 0 Å². The molecule has 0 spiro atoms. The fourth-order valence-electron chi connectivity index (χ4n) is 5.19. The third kappa shape index (κ3) is 2.59. The molecular formula is C17H26O. The van der Waals surface area contributed by atoms with Crippen LogP contribution in [0.3, 0.4) is 0 Å². The summed E-state index contributed by atoms with van der Waals surface area (Å²) in [5.74, 6) is 5.83. The van der Waals surface area contributed by atoms with Gasteiger partial charge in [0, 0.05) is 13.0 Å². The van der Waals surface area contributed by atoms with Crippen LogP contribution in [-0.4, -0.2) is 13.2 Å². The van der Waals surface area contributed by atoms with Crippen LogP contribution in [0.1, 0.15) is 57.8 Å². The van der Waals surface area contributed by atoms with Crippen LogP contribution >= 0.6 is 0 Å². The topological polar surface area (TPSA) is 9.23 Å². The zero-order valence-electron chi connectivity index (χ0n) is 11.5. The first-order chi connectivity index (χ1) is 8.80. The van der Waals surface area contributed by atoms with Gasteiger partial charge in [0.1, 0.15) is 0 Å². The Balaban J connectivity index is 1.43. The minimum atomic E-state index is 0.584. The molecule has 0 aliphatic heterocycles. The minimum Gasteiger partial charge on any atom is -0.381 e. The van der Waals surface area contributed by atoms with E-state index in [1.54, 1.807) is 0 Å². The molecule has 0 radical (unpaired) electrons. The molecule has 4 aliphatic carbocycles. The largest absolute Gasteiger partial charge is 0.381 e. The Hall–Kier alpha value is -0.480. The van der Waals surface area contributed by atoms with E-state index in [0.29, 0.717) is 5.41 Å². The highest BCUT2D eigenvalue weighted by molar-refractivity contribution is 5.01. The Morgan fingerprint density at radius 1 is 1.00 bits per heavy atom. The molecule has 4 fully saturated rings. The Labute approximate surface area is 112 Å². The van der Waals surface area contributed by atoms with Crippen LogP contribution in [0.2, 0.25) is 0 Å². The van der Waals surface area contributed by atoms with E-state index in [0.717, 1.165) is 50.2 Å². The van der Waals surface area contributed by atoms with Crippen molar-refractivity contribution < 1.29 is 4.74 Å². The lowest BCUT2D eigenvalue weighted by Gasteiger charge is -2.56. The molecular weight excluding hydrogens is 220 g/mol. The summed E-state index contributed by atoms with van der Waals surface area (Å²) in [5, 5.41) is 0. The number of rotatable bonds is 6. The molecule has 18 heavy (non-hydrogen) atoms.